The lowest BCUT2D eigenvalue weighted by atomic mass is 10.1. The number of benzene rings is 1. The summed E-state index contributed by atoms with van der Waals surface area (Å²) in [6.07, 6.45) is 0. The summed E-state index contributed by atoms with van der Waals surface area (Å²) < 4.78 is 5.00. The van der Waals surface area contributed by atoms with Gasteiger partial charge in [-0.25, -0.2) is 0 Å². The van der Waals surface area contributed by atoms with E-state index in [1.54, 1.807) is 25.3 Å². The van der Waals surface area contributed by atoms with E-state index < -0.39 is 0 Å². The first kappa shape index (κ1) is 11.4. The molecule has 4 nitrogen and oxygen atoms in total. The number of anilines is 1. The van der Waals surface area contributed by atoms with Crippen LogP contribution in [0, 0.1) is 0 Å². The van der Waals surface area contributed by atoms with E-state index in [0.29, 0.717) is 17.0 Å². The van der Waals surface area contributed by atoms with Gasteiger partial charge in [0.25, 0.3) is 5.91 Å². The van der Waals surface area contributed by atoms with Gasteiger partial charge in [0.15, 0.2) is 0 Å². The summed E-state index contributed by atoms with van der Waals surface area (Å²) in [6, 6.07) is 5.10. The Kier molecular flexibility index (Phi) is 3.55. The van der Waals surface area contributed by atoms with Gasteiger partial charge in [-0.3, -0.25) is 4.79 Å². The van der Waals surface area contributed by atoms with Gasteiger partial charge in [0, 0.05) is 17.8 Å². The van der Waals surface area contributed by atoms with Crippen LogP contribution in [0.1, 0.15) is 24.2 Å². The molecule has 0 atom stereocenters. The molecule has 0 aliphatic heterocycles. The van der Waals surface area contributed by atoms with Crippen LogP contribution >= 0.6 is 0 Å². The minimum absolute atomic E-state index is 0.0963. The maximum atomic E-state index is 11.6. The van der Waals surface area contributed by atoms with E-state index in [-0.39, 0.29) is 11.9 Å². The summed E-state index contributed by atoms with van der Waals surface area (Å²) in [4.78, 5) is 11.6. The number of nitrogens with two attached hydrogens (primary N) is 1. The maximum Gasteiger partial charge on any atom is 0.253 e. The number of carbonyl (C=O) groups is 1. The van der Waals surface area contributed by atoms with Crippen LogP contribution in [0.15, 0.2) is 18.2 Å². The van der Waals surface area contributed by atoms with Crippen molar-refractivity contribution >= 4 is 11.6 Å². The van der Waals surface area contributed by atoms with E-state index in [2.05, 4.69) is 5.32 Å². The molecule has 15 heavy (non-hydrogen) atoms. The summed E-state index contributed by atoms with van der Waals surface area (Å²) >= 11 is 0. The summed E-state index contributed by atoms with van der Waals surface area (Å²) in [5.41, 5.74) is 6.63. The first-order valence-electron chi connectivity index (χ1n) is 4.79. The number of nitrogens with one attached hydrogen (secondary N) is 1. The quantitative estimate of drug-likeness (QED) is 0.738. The van der Waals surface area contributed by atoms with Crippen LogP contribution in [0.25, 0.3) is 0 Å². The SMILES string of the molecule is COc1ccc(C(=O)NC(C)C)c(N)c1. The van der Waals surface area contributed by atoms with E-state index in [0.717, 1.165) is 0 Å². The fraction of sp³-hybridized carbons (Fsp3) is 0.364. The van der Waals surface area contributed by atoms with Gasteiger partial charge in [-0.05, 0) is 26.0 Å². The molecule has 0 aliphatic rings. The molecular formula is C11H16N2O2. The molecule has 1 aromatic rings. The second kappa shape index (κ2) is 4.68. The van der Waals surface area contributed by atoms with Crippen molar-refractivity contribution in [2.45, 2.75) is 19.9 Å². The van der Waals surface area contributed by atoms with Gasteiger partial charge in [-0.2, -0.15) is 0 Å². The number of rotatable bonds is 3. The van der Waals surface area contributed by atoms with Gasteiger partial charge < -0.3 is 15.8 Å². The van der Waals surface area contributed by atoms with Gasteiger partial charge >= 0.3 is 0 Å². The molecule has 0 aromatic heterocycles. The third kappa shape index (κ3) is 2.87. The highest BCUT2D eigenvalue weighted by atomic mass is 16.5. The molecule has 0 heterocycles. The molecule has 0 aliphatic carbocycles. The van der Waals surface area contributed by atoms with Gasteiger partial charge in [-0.1, -0.05) is 0 Å². The zero-order chi connectivity index (χ0) is 11.4. The number of hydrogen-bond donors (Lipinski definition) is 2. The van der Waals surface area contributed by atoms with Gasteiger partial charge in [-0.15, -0.1) is 0 Å². The monoisotopic (exact) mass is 208 g/mol. The fourth-order valence-corrected chi connectivity index (χ4v) is 1.21. The molecule has 0 fully saturated rings. The summed E-state index contributed by atoms with van der Waals surface area (Å²) in [5.74, 6) is 0.485. The third-order valence-electron chi connectivity index (χ3n) is 1.92. The van der Waals surface area contributed by atoms with Crippen molar-refractivity contribution in [3.05, 3.63) is 23.8 Å². The average Bonchev–Trinajstić information content (AvgIpc) is 2.16. The van der Waals surface area contributed by atoms with Crippen LogP contribution in [0.5, 0.6) is 5.75 Å². The Morgan fingerprint density at radius 3 is 2.60 bits per heavy atom. The van der Waals surface area contributed by atoms with Gasteiger partial charge in [0.2, 0.25) is 0 Å². The minimum atomic E-state index is -0.162. The second-order valence-corrected chi connectivity index (χ2v) is 3.58. The zero-order valence-corrected chi connectivity index (χ0v) is 9.20. The summed E-state index contributed by atoms with van der Waals surface area (Å²) in [5, 5.41) is 2.78. The normalized spacial score (nSPS) is 10.1. The lowest BCUT2D eigenvalue weighted by molar-refractivity contribution is 0.0944. The molecular weight excluding hydrogens is 192 g/mol. The van der Waals surface area contributed by atoms with E-state index in [1.165, 1.54) is 0 Å². The highest BCUT2D eigenvalue weighted by Gasteiger charge is 2.10. The largest absolute Gasteiger partial charge is 0.497 e. The van der Waals surface area contributed by atoms with Crippen molar-refractivity contribution in [1.82, 2.24) is 5.32 Å². The average molecular weight is 208 g/mol. The number of amides is 1. The predicted molar refractivity (Wildman–Crippen MR) is 60.0 cm³/mol. The summed E-state index contributed by atoms with van der Waals surface area (Å²) in [6.45, 7) is 3.80. The van der Waals surface area contributed by atoms with Crippen LogP contribution in [-0.4, -0.2) is 19.1 Å². The van der Waals surface area contributed by atoms with Crippen LogP contribution < -0.4 is 15.8 Å². The molecule has 82 valence electrons. The van der Waals surface area contributed by atoms with Crippen LogP contribution in [-0.2, 0) is 0 Å². The Bertz CT molecular complexity index is 362. The number of carbonyl (C=O) groups excluding carboxylic acids is 1. The predicted octanol–water partition coefficient (Wildman–Crippen LogP) is 1.42. The molecule has 0 bridgehead atoms. The molecule has 0 unspecified atom stereocenters. The van der Waals surface area contributed by atoms with Gasteiger partial charge in [0.05, 0.1) is 12.7 Å². The molecule has 0 saturated heterocycles. The maximum absolute atomic E-state index is 11.6. The molecule has 0 saturated carbocycles. The molecule has 0 spiro atoms. The van der Waals surface area contributed by atoms with Crippen LogP contribution in [0.2, 0.25) is 0 Å². The fourth-order valence-electron chi connectivity index (χ4n) is 1.21. The topological polar surface area (TPSA) is 64.3 Å². The van der Waals surface area contributed by atoms with Crippen molar-refractivity contribution in [3.8, 4) is 5.75 Å². The van der Waals surface area contributed by atoms with E-state index in [9.17, 15) is 4.79 Å². The van der Waals surface area contributed by atoms with Crippen LogP contribution in [0.3, 0.4) is 0 Å². The van der Waals surface area contributed by atoms with E-state index in [4.69, 9.17) is 10.5 Å². The van der Waals surface area contributed by atoms with Crippen LogP contribution in [0.4, 0.5) is 5.69 Å². The number of ether oxygens (including phenoxy) is 1. The lowest BCUT2D eigenvalue weighted by Crippen LogP contribution is -2.30. The highest BCUT2D eigenvalue weighted by molar-refractivity contribution is 5.99. The first-order chi connectivity index (χ1) is 7.04. The molecule has 4 heteroatoms. The van der Waals surface area contributed by atoms with Crippen molar-refractivity contribution in [2.24, 2.45) is 0 Å². The van der Waals surface area contributed by atoms with Crippen molar-refractivity contribution in [1.29, 1.82) is 0 Å². The van der Waals surface area contributed by atoms with E-state index >= 15 is 0 Å². The Balaban J connectivity index is 2.90. The molecule has 1 rings (SSSR count). The molecule has 1 aromatic carbocycles. The Labute approximate surface area is 89.4 Å². The van der Waals surface area contributed by atoms with Crippen molar-refractivity contribution in [3.63, 3.8) is 0 Å². The number of methoxy groups -OCH3 is 1. The Morgan fingerprint density at radius 2 is 2.13 bits per heavy atom. The third-order valence-corrected chi connectivity index (χ3v) is 1.92. The second-order valence-electron chi connectivity index (χ2n) is 3.58. The lowest BCUT2D eigenvalue weighted by Gasteiger charge is -2.10. The zero-order valence-electron chi connectivity index (χ0n) is 9.20. The Morgan fingerprint density at radius 1 is 1.47 bits per heavy atom. The van der Waals surface area contributed by atoms with Crippen molar-refractivity contribution < 1.29 is 9.53 Å². The van der Waals surface area contributed by atoms with Crippen molar-refractivity contribution in [2.75, 3.05) is 12.8 Å². The molecule has 3 N–H and O–H groups in total. The minimum Gasteiger partial charge on any atom is -0.497 e. The number of hydrogen-bond acceptors (Lipinski definition) is 3. The highest BCUT2D eigenvalue weighted by Crippen LogP contribution is 2.19. The Hall–Kier alpha value is -1.71. The standard InChI is InChI=1S/C11H16N2O2/c1-7(2)13-11(14)9-5-4-8(15-3)6-10(9)12/h4-7H,12H2,1-3H3,(H,13,14). The van der Waals surface area contributed by atoms with Gasteiger partial charge in [0.1, 0.15) is 5.75 Å². The smallest absolute Gasteiger partial charge is 0.253 e. The molecule has 0 radical (unpaired) electrons. The first-order valence-corrected chi connectivity index (χ1v) is 4.79. The molecule has 1 amide bonds. The van der Waals surface area contributed by atoms with E-state index in [1.807, 2.05) is 13.8 Å². The summed E-state index contributed by atoms with van der Waals surface area (Å²) in [7, 11) is 1.56. The number of nitrogen functional groups attached to an aromatic ring is 1.